The van der Waals surface area contributed by atoms with Gasteiger partial charge in [-0.3, -0.25) is 4.79 Å². The summed E-state index contributed by atoms with van der Waals surface area (Å²) in [6.45, 7) is 4.15. The van der Waals surface area contributed by atoms with Gasteiger partial charge in [0.2, 0.25) is 5.91 Å². The van der Waals surface area contributed by atoms with Crippen molar-refractivity contribution in [1.29, 1.82) is 0 Å². The van der Waals surface area contributed by atoms with E-state index in [0.717, 1.165) is 17.5 Å². The van der Waals surface area contributed by atoms with E-state index in [4.69, 9.17) is 4.74 Å². The first-order valence-corrected chi connectivity index (χ1v) is 5.87. The van der Waals surface area contributed by atoms with Gasteiger partial charge >= 0.3 is 0 Å². The predicted molar refractivity (Wildman–Crippen MR) is 60.4 cm³/mol. The Morgan fingerprint density at radius 3 is 3.38 bits per heavy atom. The molecule has 88 valence electrons. The number of anilines is 1. The number of rotatable bonds is 3. The number of ether oxygens (including phenoxy) is 1. The minimum atomic E-state index is 0.0272. The van der Waals surface area contributed by atoms with Gasteiger partial charge in [-0.15, -0.1) is 0 Å². The molecule has 1 N–H and O–H groups in total. The van der Waals surface area contributed by atoms with Crippen molar-refractivity contribution in [3.63, 3.8) is 0 Å². The Bertz CT molecular complexity index is 343. The summed E-state index contributed by atoms with van der Waals surface area (Å²) in [7, 11) is 0. The van der Waals surface area contributed by atoms with Gasteiger partial charge in [0.05, 0.1) is 30.6 Å². The highest BCUT2D eigenvalue weighted by molar-refractivity contribution is 6.99. The smallest absolute Gasteiger partial charge is 0.219 e. The second-order valence-corrected chi connectivity index (χ2v) is 4.19. The quantitative estimate of drug-likeness (QED) is 0.820. The average Bonchev–Trinajstić information content (AvgIpc) is 2.79. The first-order chi connectivity index (χ1) is 7.75. The lowest BCUT2D eigenvalue weighted by Gasteiger charge is -2.32. The van der Waals surface area contributed by atoms with E-state index in [2.05, 4.69) is 14.1 Å². The van der Waals surface area contributed by atoms with Crippen molar-refractivity contribution in [2.75, 3.05) is 31.6 Å². The van der Waals surface area contributed by atoms with Gasteiger partial charge in [-0.2, -0.15) is 8.75 Å². The lowest BCUT2D eigenvalue weighted by molar-refractivity contribution is -0.135. The number of carbonyl (C=O) groups is 1. The number of hydrogen-bond acceptors (Lipinski definition) is 6. The molecule has 1 aromatic rings. The number of aromatic nitrogens is 2. The van der Waals surface area contributed by atoms with Crippen LogP contribution in [0.3, 0.4) is 0 Å². The maximum atomic E-state index is 11.2. The van der Waals surface area contributed by atoms with E-state index >= 15 is 0 Å². The van der Waals surface area contributed by atoms with Crippen LogP contribution in [-0.2, 0) is 9.53 Å². The summed E-state index contributed by atoms with van der Waals surface area (Å²) in [6.07, 6.45) is 1.70. The van der Waals surface area contributed by atoms with Crippen molar-refractivity contribution in [3.05, 3.63) is 6.20 Å². The highest BCUT2D eigenvalue weighted by atomic mass is 32.1. The van der Waals surface area contributed by atoms with E-state index in [1.165, 1.54) is 0 Å². The van der Waals surface area contributed by atoms with E-state index < -0.39 is 0 Å². The predicted octanol–water partition coefficient (Wildman–Crippen LogP) is 0.197. The van der Waals surface area contributed by atoms with E-state index in [1.54, 1.807) is 18.0 Å². The Kier molecular flexibility index (Phi) is 3.68. The Hall–Kier alpha value is -1.21. The molecule has 0 aromatic carbocycles. The van der Waals surface area contributed by atoms with Crippen LogP contribution in [0.25, 0.3) is 0 Å². The van der Waals surface area contributed by atoms with Crippen molar-refractivity contribution >= 4 is 23.5 Å². The Morgan fingerprint density at radius 2 is 2.69 bits per heavy atom. The fourth-order valence-corrected chi connectivity index (χ4v) is 1.98. The van der Waals surface area contributed by atoms with E-state index in [0.29, 0.717) is 26.2 Å². The van der Waals surface area contributed by atoms with Crippen LogP contribution in [0, 0.1) is 0 Å². The summed E-state index contributed by atoms with van der Waals surface area (Å²) in [4.78, 5) is 13.0. The SMILES string of the molecule is CC(=O)N1CCO[C@@H](CNc2cnsn2)C1. The highest BCUT2D eigenvalue weighted by Gasteiger charge is 2.21. The van der Waals surface area contributed by atoms with Gasteiger partial charge in [0, 0.05) is 26.6 Å². The van der Waals surface area contributed by atoms with Crippen LogP contribution < -0.4 is 5.32 Å². The average molecular weight is 242 g/mol. The first kappa shape index (κ1) is 11.3. The maximum absolute atomic E-state index is 11.2. The lowest BCUT2D eigenvalue weighted by atomic mass is 10.2. The molecular weight excluding hydrogens is 228 g/mol. The molecule has 7 heteroatoms. The fraction of sp³-hybridized carbons (Fsp3) is 0.667. The molecule has 0 bridgehead atoms. The third-order valence-corrected chi connectivity index (χ3v) is 2.93. The Labute approximate surface area is 97.9 Å². The van der Waals surface area contributed by atoms with Crippen LogP contribution in [0.5, 0.6) is 0 Å². The Balaban J connectivity index is 1.79. The molecule has 1 fully saturated rings. The molecule has 1 saturated heterocycles. The molecule has 0 spiro atoms. The molecule has 0 unspecified atom stereocenters. The third-order valence-electron chi connectivity index (χ3n) is 2.46. The van der Waals surface area contributed by atoms with E-state index in [9.17, 15) is 4.79 Å². The normalized spacial score (nSPS) is 20.8. The minimum absolute atomic E-state index is 0.0272. The highest BCUT2D eigenvalue weighted by Crippen LogP contribution is 2.07. The van der Waals surface area contributed by atoms with Crippen molar-refractivity contribution in [1.82, 2.24) is 13.6 Å². The molecule has 1 aromatic heterocycles. The number of carbonyl (C=O) groups excluding carboxylic acids is 1. The summed E-state index contributed by atoms with van der Waals surface area (Å²) in [5.41, 5.74) is 0. The standard InChI is InChI=1S/C9H14N4O2S/c1-7(14)13-2-3-15-8(6-13)4-10-9-5-11-16-12-9/h5,8H,2-4,6H2,1H3,(H,10,12)/t8-/m0/s1. The van der Waals surface area contributed by atoms with Gasteiger partial charge in [-0.25, -0.2) is 0 Å². The number of amides is 1. The molecule has 16 heavy (non-hydrogen) atoms. The molecule has 1 aliphatic rings. The van der Waals surface area contributed by atoms with Crippen LogP contribution in [0.15, 0.2) is 6.20 Å². The molecule has 2 rings (SSSR count). The third kappa shape index (κ3) is 2.89. The molecule has 6 nitrogen and oxygen atoms in total. The van der Waals surface area contributed by atoms with E-state index in [1.807, 2.05) is 0 Å². The van der Waals surface area contributed by atoms with Crippen molar-refractivity contribution in [3.8, 4) is 0 Å². The van der Waals surface area contributed by atoms with Gasteiger partial charge in [0.1, 0.15) is 0 Å². The van der Waals surface area contributed by atoms with Crippen LogP contribution in [0.1, 0.15) is 6.92 Å². The van der Waals surface area contributed by atoms with Crippen molar-refractivity contribution in [2.45, 2.75) is 13.0 Å². The second-order valence-electron chi connectivity index (χ2n) is 3.63. The molecule has 0 saturated carbocycles. The molecule has 1 aliphatic heterocycles. The summed E-state index contributed by atoms with van der Waals surface area (Å²) in [5.74, 6) is 0.858. The van der Waals surface area contributed by atoms with Crippen LogP contribution in [-0.4, -0.2) is 51.9 Å². The lowest BCUT2D eigenvalue weighted by Crippen LogP contribution is -2.47. The molecule has 1 amide bonds. The zero-order valence-electron chi connectivity index (χ0n) is 9.05. The molecule has 0 aliphatic carbocycles. The molecule has 0 radical (unpaired) electrons. The maximum Gasteiger partial charge on any atom is 0.219 e. The van der Waals surface area contributed by atoms with Gasteiger partial charge in [0.25, 0.3) is 0 Å². The van der Waals surface area contributed by atoms with Crippen molar-refractivity contribution < 1.29 is 9.53 Å². The molecule has 2 heterocycles. The topological polar surface area (TPSA) is 67.3 Å². The number of nitrogens with zero attached hydrogens (tertiary/aromatic N) is 3. The van der Waals surface area contributed by atoms with Crippen LogP contribution in [0.2, 0.25) is 0 Å². The van der Waals surface area contributed by atoms with Gasteiger partial charge in [-0.05, 0) is 0 Å². The number of nitrogens with one attached hydrogen (secondary N) is 1. The van der Waals surface area contributed by atoms with E-state index in [-0.39, 0.29) is 12.0 Å². The Morgan fingerprint density at radius 1 is 1.81 bits per heavy atom. The van der Waals surface area contributed by atoms with Crippen LogP contribution in [0.4, 0.5) is 5.82 Å². The fourth-order valence-electron chi connectivity index (χ4n) is 1.59. The summed E-state index contributed by atoms with van der Waals surface area (Å²) in [5, 5.41) is 3.13. The number of morpholine rings is 1. The summed E-state index contributed by atoms with van der Waals surface area (Å²) >= 11 is 1.16. The van der Waals surface area contributed by atoms with Gasteiger partial charge in [0.15, 0.2) is 5.82 Å². The first-order valence-electron chi connectivity index (χ1n) is 5.14. The van der Waals surface area contributed by atoms with Gasteiger partial charge in [-0.1, -0.05) is 0 Å². The van der Waals surface area contributed by atoms with Gasteiger partial charge < -0.3 is 15.0 Å². The molecule has 1 atom stereocenters. The second kappa shape index (κ2) is 5.22. The van der Waals surface area contributed by atoms with Crippen LogP contribution >= 0.6 is 11.7 Å². The summed E-state index contributed by atoms with van der Waals surface area (Å²) in [6, 6.07) is 0. The zero-order valence-corrected chi connectivity index (χ0v) is 9.87. The monoisotopic (exact) mass is 242 g/mol. The number of hydrogen-bond donors (Lipinski definition) is 1. The zero-order chi connectivity index (χ0) is 11.4. The molecular formula is C9H14N4O2S. The minimum Gasteiger partial charge on any atom is -0.373 e. The summed E-state index contributed by atoms with van der Waals surface area (Å²) < 4.78 is 13.5. The largest absolute Gasteiger partial charge is 0.373 e. The van der Waals surface area contributed by atoms with Crippen molar-refractivity contribution in [2.24, 2.45) is 0 Å².